The number of fused-ring (bicyclic) bond motifs is 1. The molecule has 0 radical (unpaired) electrons. The Morgan fingerprint density at radius 2 is 1.79 bits per heavy atom. The molecule has 0 saturated heterocycles. The number of aryl methyl sites for hydroxylation is 1. The van der Waals surface area contributed by atoms with Crippen molar-refractivity contribution in [2.75, 3.05) is 6.61 Å². The molecule has 1 aliphatic heterocycles. The molecule has 0 amide bonds. The number of hydrogen-bond donors (Lipinski definition) is 1. The van der Waals surface area contributed by atoms with Gasteiger partial charge in [-0.1, -0.05) is 53.0 Å². The molecule has 0 spiro atoms. The molecule has 0 fully saturated rings. The van der Waals surface area contributed by atoms with E-state index in [0.29, 0.717) is 27.1 Å². The van der Waals surface area contributed by atoms with Crippen molar-refractivity contribution in [1.29, 1.82) is 5.26 Å². The van der Waals surface area contributed by atoms with Crippen molar-refractivity contribution < 1.29 is 19.0 Å². The number of hydrogen-bond acceptors (Lipinski definition) is 6. The average Bonchev–Trinajstić information content (AvgIpc) is 2.79. The first-order chi connectivity index (χ1) is 15.9. The van der Waals surface area contributed by atoms with Crippen molar-refractivity contribution in [2.24, 2.45) is 5.73 Å². The van der Waals surface area contributed by atoms with Crippen LogP contribution in [-0.2, 0) is 4.79 Å². The Bertz CT molecular complexity index is 1300. The quantitative estimate of drug-likeness (QED) is 0.382. The van der Waals surface area contributed by atoms with E-state index >= 15 is 0 Å². The Labute approximate surface area is 200 Å². The van der Waals surface area contributed by atoms with Crippen LogP contribution in [0.5, 0.6) is 17.2 Å². The van der Waals surface area contributed by atoms with E-state index < -0.39 is 11.9 Å². The lowest BCUT2D eigenvalue weighted by molar-refractivity contribution is -0.136. The van der Waals surface area contributed by atoms with Crippen LogP contribution in [0.1, 0.15) is 22.6 Å². The SMILES string of the molecule is Cc1ccc(OCC(=O)Oc2ccc3c(c2)OC(N)=C(C#N)C3c2ccc(Cl)c(Cl)c2)cc1. The Balaban J connectivity index is 1.56. The van der Waals surface area contributed by atoms with Crippen molar-refractivity contribution in [3.63, 3.8) is 0 Å². The summed E-state index contributed by atoms with van der Waals surface area (Å²) in [5.74, 6) is 0.0707. The third-order valence-corrected chi connectivity index (χ3v) is 5.82. The largest absolute Gasteiger partial charge is 0.482 e. The van der Waals surface area contributed by atoms with E-state index in [-0.39, 0.29) is 23.8 Å². The predicted molar refractivity (Wildman–Crippen MR) is 125 cm³/mol. The minimum atomic E-state index is -0.575. The lowest BCUT2D eigenvalue weighted by Crippen LogP contribution is -2.21. The van der Waals surface area contributed by atoms with Crippen molar-refractivity contribution in [3.05, 3.63) is 98.9 Å². The first-order valence-electron chi connectivity index (χ1n) is 9.92. The topological polar surface area (TPSA) is 94.6 Å². The van der Waals surface area contributed by atoms with E-state index in [1.54, 1.807) is 48.5 Å². The van der Waals surface area contributed by atoms with Gasteiger partial charge in [-0.05, 0) is 42.8 Å². The zero-order valence-electron chi connectivity index (χ0n) is 17.5. The number of ether oxygens (including phenoxy) is 3. The van der Waals surface area contributed by atoms with Crippen LogP contribution in [0.3, 0.4) is 0 Å². The molecule has 1 heterocycles. The van der Waals surface area contributed by atoms with Gasteiger partial charge < -0.3 is 19.9 Å². The van der Waals surface area contributed by atoms with Gasteiger partial charge in [-0.15, -0.1) is 0 Å². The van der Waals surface area contributed by atoms with E-state index in [1.807, 2.05) is 19.1 Å². The zero-order valence-corrected chi connectivity index (χ0v) is 19.0. The number of allylic oxidation sites excluding steroid dienone is 1. The van der Waals surface area contributed by atoms with Crippen LogP contribution in [0.25, 0.3) is 0 Å². The maximum Gasteiger partial charge on any atom is 0.349 e. The molecule has 4 rings (SSSR count). The minimum absolute atomic E-state index is 0.0350. The molecular formula is C25H18Cl2N2O4. The molecule has 8 heteroatoms. The molecule has 3 aromatic carbocycles. The maximum absolute atomic E-state index is 12.2. The summed E-state index contributed by atoms with van der Waals surface area (Å²) in [6, 6.07) is 19.4. The number of nitriles is 1. The van der Waals surface area contributed by atoms with Crippen molar-refractivity contribution >= 4 is 29.2 Å². The lowest BCUT2D eigenvalue weighted by atomic mass is 9.83. The summed E-state index contributed by atoms with van der Waals surface area (Å²) in [4.78, 5) is 12.2. The molecule has 0 aromatic heterocycles. The van der Waals surface area contributed by atoms with Gasteiger partial charge in [-0.3, -0.25) is 0 Å². The van der Waals surface area contributed by atoms with Crippen LogP contribution in [0.2, 0.25) is 10.0 Å². The molecule has 166 valence electrons. The van der Waals surface area contributed by atoms with Gasteiger partial charge in [-0.2, -0.15) is 5.26 Å². The number of benzene rings is 3. The van der Waals surface area contributed by atoms with Crippen LogP contribution in [0, 0.1) is 18.3 Å². The molecule has 0 bridgehead atoms. The van der Waals surface area contributed by atoms with Gasteiger partial charge in [0.25, 0.3) is 0 Å². The van der Waals surface area contributed by atoms with Gasteiger partial charge in [0.15, 0.2) is 6.61 Å². The summed E-state index contributed by atoms with van der Waals surface area (Å²) in [5, 5.41) is 10.4. The molecule has 3 aromatic rings. The molecule has 1 unspecified atom stereocenters. The summed E-state index contributed by atoms with van der Waals surface area (Å²) in [5.41, 5.74) is 8.76. The molecule has 1 aliphatic rings. The highest BCUT2D eigenvalue weighted by Crippen LogP contribution is 2.44. The van der Waals surface area contributed by atoms with E-state index in [2.05, 4.69) is 6.07 Å². The van der Waals surface area contributed by atoms with Crippen LogP contribution in [0.4, 0.5) is 0 Å². The second-order valence-corrected chi connectivity index (χ2v) is 8.19. The monoisotopic (exact) mass is 480 g/mol. The fourth-order valence-corrected chi connectivity index (χ4v) is 3.78. The van der Waals surface area contributed by atoms with Crippen molar-refractivity contribution in [2.45, 2.75) is 12.8 Å². The molecule has 33 heavy (non-hydrogen) atoms. The van der Waals surface area contributed by atoms with Gasteiger partial charge in [0, 0.05) is 11.6 Å². The Morgan fingerprint density at radius 1 is 1.06 bits per heavy atom. The molecule has 1 atom stereocenters. The number of nitrogens with zero attached hydrogens (tertiary/aromatic N) is 1. The van der Waals surface area contributed by atoms with Gasteiger partial charge in [0.05, 0.1) is 16.0 Å². The van der Waals surface area contributed by atoms with E-state index in [0.717, 1.165) is 11.1 Å². The van der Waals surface area contributed by atoms with E-state index in [9.17, 15) is 10.1 Å². The van der Waals surface area contributed by atoms with Crippen LogP contribution >= 0.6 is 23.2 Å². The van der Waals surface area contributed by atoms with Gasteiger partial charge >= 0.3 is 5.97 Å². The second-order valence-electron chi connectivity index (χ2n) is 7.37. The summed E-state index contributed by atoms with van der Waals surface area (Å²) >= 11 is 12.2. The van der Waals surface area contributed by atoms with Gasteiger partial charge in [0.1, 0.15) is 28.9 Å². The first kappa shape index (κ1) is 22.5. The fraction of sp³-hybridized carbons (Fsp3) is 0.120. The highest BCUT2D eigenvalue weighted by atomic mass is 35.5. The van der Waals surface area contributed by atoms with E-state index in [1.165, 1.54) is 0 Å². The summed E-state index contributed by atoms with van der Waals surface area (Å²) in [6.07, 6.45) is 0. The molecule has 0 saturated carbocycles. The molecule has 2 N–H and O–H groups in total. The van der Waals surface area contributed by atoms with Crippen LogP contribution in [0.15, 0.2) is 72.1 Å². The fourth-order valence-electron chi connectivity index (χ4n) is 3.47. The van der Waals surface area contributed by atoms with Crippen LogP contribution in [-0.4, -0.2) is 12.6 Å². The first-order valence-corrected chi connectivity index (χ1v) is 10.7. The second kappa shape index (κ2) is 9.45. The highest BCUT2D eigenvalue weighted by molar-refractivity contribution is 6.42. The summed E-state index contributed by atoms with van der Waals surface area (Å²) < 4.78 is 16.5. The highest BCUT2D eigenvalue weighted by Gasteiger charge is 2.31. The number of esters is 1. The lowest BCUT2D eigenvalue weighted by Gasteiger charge is -2.27. The smallest absolute Gasteiger partial charge is 0.349 e. The predicted octanol–water partition coefficient (Wildman–Crippen LogP) is 5.50. The Hall–Kier alpha value is -3.66. The summed E-state index contributed by atoms with van der Waals surface area (Å²) in [7, 11) is 0. The number of carbonyl (C=O) groups is 1. The number of rotatable bonds is 5. The van der Waals surface area contributed by atoms with Crippen molar-refractivity contribution in [3.8, 4) is 23.3 Å². The maximum atomic E-state index is 12.2. The Kier molecular flexibility index (Phi) is 6.45. The average molecular weight is 481 g/mol. The number of halogens is 2. The molecule has 0 aliphatic carbocycles. The van der Waals surface area contributed by atoms with Gasteiger partial charge in [0.2, 0.25) is 5.88 Å². The van der Waals surface area contributed by atoms with Gasteiger partial charge in [-0.25, -0.2) is 4.79 Å². The number of carbonyl (C=O) groups excluding carboxylic acids is 1. The third-order valence-electron chi connectivity index (χ3n) is 5.08. The summed E-state index contributed by atoms with van der Waals surface area (Å²) in [6.45, 7) is 1.71. The Morgan fingerprint density at radius 3 is 2.48 bits per heavy atom. The zero-order chi connectivity index (χ0) is 23.5. The van der Waals surface area contributed by atoms with E-state index in [4.69, 9.17) is 43.1 Å². The normalized spacial score (nSPS) is 14.7. The van der Waals surface area contributed by atoms with Crippen LogP contribution < -0.4 is 19.9 Å². The molecular weight excluding hydrogens is 463 g/mol. The van der Waals surface area contributed by atoms with Crippen molar-refractivity contribution in [1.82, 2.24) is 0 Å². The minimum Gasteiger partial charge on any atom is -0.482 e. The standard InChI is InChI=1S/C25H18Cl2N2O4/c1-14-2-5-16(6-3-14)31-13-23(30)32-17-7-8-18-22(11-17)33-25(29)19(12-28)24(18)15-4-9-20(26)21(27)10-15/h2-11,24H,13,29H2,1H3. The number of nitrogens with two attached hydrogens (primary N) is 1. The molecule has 6 nitrogen and oxygen atoms in total. The third kappa shape index (κ3) is 4.90.